The highest BCUT2D eigenvalue weighted by Crippen LogP contribution is 2.20. The molecule has 4 N–H and O–H groups in total. The van der Waals surface area contributed by atoms with Crippen LogP contribution >= 0.6 is 0 Å². The van der Waals surface area contributed by atoms with Gasteiger partial charge in [-0.1, -0.05) is 12.1 Å². The molecule has 198 valence electrons. The lowest BCUT2D eigenvalue weighted by Gasteiger charge is -2.13. The Morgan fingerprint density at radius 3 is 1.19 bits per heavy atom. The molecule has 2 rings (SSSR count). The molecule has 2 amide bonds. The molecule has 2 aromatic carbocycles. The van der Waals surface area contributed by atoms with Crippen molar-refractivity contribution >= 4 is 31.9 Å². The number of carbonyl (C=O) groups excluding carboxylic acids is 2. The molecule has 0 unspecified atom stereocenters. The van der Waals surface area contributed by atoms with Gasteiger partial charge in [0.2, 0.25) is 11.8 Å². The Labute approximate surface area is 213 Å². The topological polar surface area (TPSA) is 151 Å². The smallest absolute Gasteiger partial charge is 0.257 e. The van der Waals surface area contributed by atoms with E-state index >= 15 is 0 Å². The van der Waals surface area contributed by atoms with Gasteiger partial charge in [0.15, 0.2) is 0 Å². The molecule has 10 nitrogen and oxygen atoms in total. The highest BCUT2D eigenvalue weighted by Gasteiger charge is 2.20. The third kappa shape index (κ3) is 7.85. The number of hydrazine groups is 2. The number of aryl methyl sites for hydroxylation is 6. The summed E-state index contributed by atoms with van der Waals surface area (Å²) >= 11 is 0. The molecule has 0 aromatic heterocycles. The number of unbranched alkanes of at least 4 members (excludes halogenated alkanes) is 1. The molecule has 0 heterocycles. The van der Waals surface area contributed by atoms with E-state index in [4.69, 9.17) is 0 Å². The fraction of sp³-hybridized carbons (Fsp3) is 0.417. The van der Waals surface area contributed by atoms with Crippen LogP contribution in [0.3, 0.4) is 0 Å². The van der Waals surface area contributed by atoms with Gasteiger partial charge in [0.25, 0.3) is 20.0 Å². The predicted molar refractivity (Wildman–Crippen MR) is 137 cm³/mol. The molecule has 0 saturated heterocycles. The van der Waals surface area contributed by atoms with E-state index in [1.54, 1.807) is 52.0 Å². The first-order valence-corrected chi connectivity index (χ1v) is 14.4. The third-order valence-electron chi connectivity index (χ3n) is 5.87. The van der Waals surface area contributed by atoms with Crippen LogP contribution in [0.1, 0.15) is 59.1 Å². The van der Waals surface area contributed by atoms with Crippen LogP contribution in [0.5, 0.6) is 0 Å². The monoisotopic (exact) mass is 538 g/mol. The Morgan fingerprint density at radius 2 is 0.861 bits per heavy atom. The number of rotatable bonds is 11. The first kappa shape index (κ1) is 29.4. The summed E-state index contributed by atoms with van der Waals surface area (Å²) in [4.78, 5) is 28.4. The van der Waals surface area contributed by atoms with Gasteiger partial charge in [-0.15, -0.1) is 9.66 Å². The maximum absolute atomic E-state index is 12.5. The normalized spacial score (nSPS) is 11.8. The number of sulfonamides is 2. The molecule has 0 radical (unpaired) electrons. The maximum atomic E-state index is 12.5. The molecule has 0 atom stereocenters. The van der Waals surface area contributed by atoms with Crippen molar-refractivity contribution < 1.29 is 26.4 Å². The van der Waals surface area contributed by atoms with E-state index in [-0.39, 0.29) is 22.6 Å². The summed E-state index contributed by atoms with van der Waals surface area (Å²) in [5, 5.41) is 0. The van der Waals surface area contributed by atoms with Gasteiger partial charge >= 0.3 is 0 Å². The minimum Gasteiger partial charge on any atom is -0.278 e. The lowest BCUT2D eigenvalue weighted by molar-refractivity contribution is -0.123. The fourth-order valence-electron chi connectivity index (χ4n) is 3.50. The summed E-state index contributed by atoms with van der Waals surface area (Å²) in [6, 6.07) is 6.63. The van der Waals surface area contributed by atoms with Crippen LogP contribution in [-0.4, -0.2) is 28.6 Å². The Balaban J connectivity index is 1.77. The zero-order chi connectivity index (χ0) is 27.3. The van der Waals surface area contributed by atoms with Crippen molar-refractivity contribution in [2.45, 2.75) is 77.0 Å². The Hall–Kier alpha value is -2.80. The second kappa shape index (κ2) is 12.0. The van der Waals surface area contributed by atoms with E-state index in [0.29, 0.717) is 24.0 Å². The van der Waals surface area contributed by atoms with Crippen LogP contribution in [-0.2, 0) is 29.6 Å². The van der Waals surface area contributed by atoms with Crippen LogP contribution in [0.2, 0.25) is 0 Å². The van der Waals surface area contributed by atoms with E-state index in [0.717, 1.165) is 22.3 Å². The van der Waals surface area contributed by atoms with Crippen molar-refractivity contribution in [1.82, 2.24) is 20.5 Å². The maximum Gasteiger partial charge on any atom is 0.257 e. The van der Waals surface area contributed by atoms with E-state index in [2.05, 4.69) is 20.5 Å². The summed E-state index contributed by atoms with van der Waals surface area (Å²) in [5.74, 6) is -1.10. The first-order chi connectivity index (χ1) is 16.6. The molecule has 0 fully saturated rings. The van der Waals surface area contributed by atoms with Crippen molar-refractivity contribution in [2.24, 2.45) is 0 Å². The van der Waals surface area contributed by atoms with Gasteiger partial charge in [-0.05, 0) is 99.9 Å². The number of benzene rings is 2. The van der Waals surface area contributed by atoms with Gasteiger partial charge in [0.1, 0.15) is 0 Å². The quantitative estimate of drug-likeness (QED) is 0.255. The fourth-order valence-corrected chi connectivity index (χ4v) is 5.85. The number of amides is 2. The largest absolute Gasteiger partial charge is 0.278 e. The number of nitrogens with one attached hydrogen (secondary N) is 4. The molecule has 0 aliphatic carbocycles. The summed E-state index contributed by atoms with van der Waals surface area (Å²) in [7, 11) is -7.87. The second-order valence-electron chi connectivity index (χ2n) is 8.92. The van der Waals surface area contributed by atoms with Crippen LogP contribution in [0, 0.1) is 41.5 Å². The van der Waals surface area contributed by atoms with E-state index < -0.39 is 31.9 Å². The van der Waals surface area contributed by atoms with Gasteiger partial charge in [-0.25, -0.2) is 16.8 Å². The van der Waals surface area contributed by atoms with E-state index in [9.17, 15) is 26.4 Å². The summed E-state index contributed by atoms with van der Waals surface area (Å²) in [5.41, 5.74) is 9.05. The molecule has 0 spiro atoms. The molecular formula is C24H34N4O6S2. The summed E-state index contributed by atoms with van der Waals surface area (Å²) in [6.07, 6.45) is 0.559. The van der Waals surface area contributed by atoms with Crippen LogP contribution < -0.4 is 20.5 Å². The SMILES string of the molecule is Cc1cc(C)c(S(=O)(=O)NNC(=O)CCCCC(=O)NNS(=O)(=O)c2cc(C)c(C)cc2C)cc1C. The average Bonchev–Trinajstić information content (AvgIpc) is 2.78. The molecule has 0 aliphatic rings. The lowest BCUT2D eigenvalue weighted by atomic mass is 10.1. The molecule has 0 aliphatic heterocycles. The van der Waals surface area contributed by atoms with Crippen molar-refractivity contribution in [3.63, 3.8) is 0 Å². The number of hydrogen-bond acceptors (Lipinski definition) is 6. The van der Waals surface area contributed by atoms with Crippen LogP contribution in [0.4, 0.5) is 0 Å². The molecule has 0 bridgehead atoms. The van der Waals surface area contributed by atoms with Gasteiger partial charge < -0.3 is 0 Å². The highest BCUT2D eigenvalue weighted by molar-refractivity contribution is 7.89. The van der Waals surface area contributed by atoms with E-state index in [1.807, 2.05) is 13.8 Å². The zero-order valence-electron chi connectivity index (χ0n) is 21.4. The minimum absolute atomic E-state index is 0.0186. The third-order valence-corrected chi connectivity index (χ3v) is 8.65. The van der Waals surface area contributed by atoms with Crippen LogP contribution in [0.25, 0.3) is 0 Å². The van der Waals surface area contributed by atoms with Gasteiger partial charge in [0, 0.05) is 12.8 Å². The van der Waals surface area contributed by atoms with Crippen molar-refractivity contribution in [3.8, 4) is 0 Å². The van der Waals surface area contributed by atoms with Crippen molar-refractivity contribution in [1.29, 1.82) is 0 Å². The molecule has 12 heteroatoms. The lowest BCUT2D eigenvalue weighted by Crippen LogP contribution is -2.42. The van der Waals surface area contributed by atoms with Crippen LogP contribution in [0.15, 0.2) is 34.1 Å². The Bertz CT molecular complexity index is 1260. The Morgan fingerprint density at radius 1 is 0.556 bits per heavy atom. The molecular weight excluding hydrogens is 504 g/mol. The molecule has 2 aromatic rings. The summed E-state index contributed by atoms with van der Waals surface area (Å²) < 4.78 is 50.1. The van der Waals surface area contributed by atoms with E-state index in [1.165, 1.54) is 0 Å². The number of carbonyl (C=O) groups is 2. The van der Waals surface area contributed by atoms with Gasteiger partial charge in [-0.2, -0.15) is 0 Å². The standard InChI is InChI=1S/C24H34N4O6S2/c1-15-11-19(5)21(13-17(15)3)35(31,32)27-25-23(29)9-7-8-10-24(30)26-28-36(33,34)22-14-18(4)16(2)12-20(22)6/h11-14,27-28H,7-10H2,1-6H3,(H,25,29)(H,26,30). The predicted octanol–water partition coefficient (Wildman–Crippen LogP) is 2.42. The minimum atomic E-state index is -3.93. The van der Waals surface area contributed by atoms with Gasteiger partial charge in [0.05, 0.1) is 9.79 Å². The van der Waals surface area contributed by atoms with Crippen molar-refractivity contribution in [2.75, 3.05) is 0 Å². The van der Waals surface area contributed by atoms with Gasteiger partial charge in [-0.3, -0.25) is 20.4 Å². The second-order valence-corrected chi connectivity index (χ2v) is 12.2. The highest BCUT2D eigenvalue weighted by atomic mass is 32.2. The first-order valence-electron chi connectivity index (χ1n) is 11.4. The zero-order valence-corrected chi connectivity index (χ0v) is 23.0. The average molecular weight is 539 g/mol. The Kier molecular flexibility index (Phi) is 9.78. The van der Waals surface area contributed by atoms with Crippen molar-refractivity contribution in [3.05, 3.63) is 57.6 Å². The molecule has 36 heavy (non-hydrogen) atoms. The summed E-state index contributed by atoms with van der Waals surface area (Å²) in [6.45, 7) is 10.7. The molecule has 0 saturated carbocycles. The number of hydrogen-bond donors (Lipinski definition) is 4.